The van der Waals surface area contributed by atoms with Crippen molar-refractivity contribution in [3.05, 3.63) is 64.6 Å². The van der Waals surface area contributed by atoms with Gasteiger partial charge in [-0.05, 0) is 29.8 Å². The van der Waals surface area contributed by atoms with E-state index in [2.05, 4.69) is 33.0 Å². The van der Waals surface area contributed by atoms with Crippen LogP contribution in [0.4, 0.5) is 5.69 Å². The average Bonchev–Trinajstić information content (AvgIpc) is 3.10. The number of carbonyl (C=O) groups excluding carboxylic acids is 1. The van der Waals surface area contributed by atoms with E-state index < -0.39 is 4.99 Å². The molecule has 2 aromatic carbocycles. The third-order valence-electron chi connectivity index (χ3n) is 4.91. The number of ketones is 1. The molecule has 0 aliphatic carbocycles. The molecule has 0 bridgehead atoms. The highest BCUT2D eigenvalue weighted by atomic mass is 79.9. The van der Waals surface area contributed by atoms with E-state index in [1.807, 2.05) is 47.5 Å². The lowest BCUT2D eigenvalue weighted by Gasteiger charge is -2.46. The van der Waals surface area contributed by atoms with E-state index in [0.29, 0.717) is 18.3 Å². The van der Waals surface area contributed by atoms with Crippen LogP contribution in [0.2, 0.25) is 0 Å². The fourth-order valence-corrected chi connectivity index (χ4v) is 5.41. The highest BCUT2D eigenvalue weighted by Gasteiger charge is 2.50. The zero-order valence-corrected chi connectivity index (χ0v) is 18.1. The third kappa shape index (κ3) is 3.89. The van der Waals surface area contributed by atoms with E-state index in [-0.39, 0.29) is 5.78 Å². The number of nitrogens with zero attached hydrogens (tertiary/aromatic N) is 3. The molecule has 1 atom stereocenters. The number of rotatable bonds is 5. The average molecular weight is 460 g/mol. The molecule has 2 aliphatic heterocycles. The molecule has 1 fully saturated rings. The Hall–Kier alpha value is -1.67. The van der Waals surface area contributed by atoms with Crippen LogP contribution in [0.1, 0.15) is 12.5 Å². The minimum atomic E-state index is -0.507. The fraction of sp³-hybridized carbons (Fsp3) is 0.333. The quantitative estimate of drug-likeness (QED) is 0.672. The molecule has 0 N–H and O–H groups in total. The summed E-state index contributed by atoms with van der Waals surface area (Å²) in [6.07, 6.45) is 0.728. The van der Waals surface area contributed by atoms with E-state index in [1.165, 1.54) is 5.56 Å². The van der Waals surface area contributed by atoms with Crippen molar-refractivity contribution in [2.75, 3.05) is 31.3 Å². The molecular weight excluding hydrogens is 438 g/mol. The highest BCUT2D eigenvalue weighted by Crippen LogP contribution is 2.46. The number of morpholine rings is 1. The molecule has 7 heteroatoms. The van der Waals surface area contributed by atoms with Crippen LogP contribution < -0.4 is 5.01 Å². The predicted molar refractivity (Wildman–Crippen MR) is 118 cm³/mol. The predicted octanol–water partition coefficient (Wildman–Crippen LogP) is 4.13. The van der Waals surface area contributed by atoms with Gasteiger partial charge in [0.05, 0.1) is 18.9 Å². The number of benzene rings is 2. The normalized spacial score (nSPS) is 22.9. The molecule has 5 nitrogen and oxygen atoms in total. The van der Waals surface area contributed by atoms with Gasteiger partial charge in [-0.1, -0.05) is 58.0 Å². The Morgan fingerprint density at radius 2 is 1.93 bits per heavy atom. The van der Waals surface area contributed by atoms with E-state index in [4.69, 9.17) is 9.84 Å². The number of Topliss-reactive ketones (excluding diaryl/α,β-unsaturated/α-hetero) is 1. The molecule has 146 valence electrons. The van der Waals surface area contributed by atoms with Crippen molar-refractivity contribution in [2.24, 2.45) is 5.10 Å². The minimum Gasteiger partial charge on any atom is -0.379 e. The number of carbonyl (C=O) groups is 1. The largest absolute Gasteiger partial charge is 0.379 e. The topological polar surface area (TPSA) is 45.1 Å². The van der Waals surface area contributed by atoms with Gasteiger partial charge in [0.15, 0.2) is 15.8 Å². The molecule has 0 radical (unpaired) electrons. The van der Waals surface area contributed by atoms with Crippen molar-refractivity contribution in [1.29, 1.82) is 0 Å². The first-order valence-corrected chi connectivity index (χ1v) is 10.9. The maximum atomic E-state index is 12.3. The molecule has 0 spiro atoms. The first-order valence-electron chi connectivity index (χ1n) is 9.29. The summed E-state index contributed by atoms with van der Waals surface area (Å²) in [6.45, 7) is 4.54. The number of hydrogen-bond acceptors (Lipinski definition) is 6. The Morgan fingerprint density at radius 1 is 1.18 bits per heavy atom. The molecule has 2 aliphatic rings. The lowest BCUT2D eigenvalue weighted by molar-refractivity contribution is -0.110. The zero-order chi connectivity index (χ0) is 19.6. The van der Waals surface area contributed by atoms with Gasteiger partial charge in [-0.25, -0.2) is 5.01 Å². The van der Waals surface area contributed by atoms with E-state index in [1.54, 1.807) is 18.7 Å². The number of hydrogen-bond donors (Lipinski definition) is 0. The first kappa shape index (κ1) is 19.6. The number of ether oxygens (including phenoxy) is 1. The SMILES string of the molecule is CC(=O)C1=NN(c2ccccc2)C(Cc2cccc(Br)c2)(N2CCOCC2)S1. The van der Waals surface area contributed by atoms with Gasteiger partial charge < -0.3 is 4.74 Å². The van der Waals surface area contributed by atoms with Crippen LogP contribution in [0.25, 0.3) is 0 Å². The highest BCUT2D eigenvalue weighted by molar-refractivity contribution is 9.10. The van der Waals surface area contributed by atoms with Crippen molar-refractivity contribution >= 4 is 44.2 Å². The lowest BCUT2D eigenvalue weighted by Crippen LogP contribution is -2.59. The second-order valence-corrected chi connectivity index (χ2v) is 9.02. The Bertz CT molecular complexity index is 886. The Balaban J connectivity index is 1.81. The van der Waals surface area contributed by atoms with Crippen molar-refractivity contribution in [3.63, 3.8) is 0 Å². The van der Waals surface area contributed by atoms with E-state index in [9.17, 15) is 4.79 Å². The standard InChI is InChI=1S/C21H22BrN3O2S/c1-16(26)20-23-25(19-8-3-2-4-9-19)21(28-20,24-10-12-27-13-11-24)15-17-6-5-7-18(22)14-17/h2-9,14H,10-13,15H2,1H3. The number of hydrazone groups is 1. The van der Waals surface area contributed by atoms with Crippen LogP contribution >= 0.6 is 27.7 Å². The van der Waals surface area contributed by atoms with Crippen molar-refractivity contribution in [1.82, 2.24) is 4.90 Å². The number of anilines is 1. The van der Waals surface area contributed by atoms with Gasteiger partial charge in [0.25, 0.3) is 0 Å². The van der Waals surface area contributed by atoms with Gasteiger partial charge in [-0.2, -0.15) is 5.10 Å². The molecule has 1 saturated heterocycles. The van der Waals surface area contributed by atoms with Gasteiger partial charge in [0.2, 0.25) is 0 Å². The van der Waals surface area contributed by atoms with E-state index >= 15 is 0 Å². The summed E-state index contributed by atoms with van der Waals surface area (Å²) in [5.74, 6) is -0.00434. The third-order valence-corrected chi connectivity index (χ3v) is 6.87. The Labute approximate surface area is 177 Å². The molecule has 1 unspecified atom stereocenters. The fourth-order valence-electron chi connectivity index (χ4n) is 3.61. The molecular formula is C21H22BrN3O2S. The second-order valence-electron chi connectivity index (χ2n) is 6.86. The maximum absolute atomic E-state index is 12.3. The first-order chi connectivity index (χ1) is 13.6. The molecule has 2 aromatic rings. The Morgan fingerprint density at radius 3 is 2.61 bits per heavy atom. The summed E-state index contributed by atoms with van der Waals surface area (Å²) >= 11 is 5.14. The van der Waals surface area contributed by atoms with Gasteiger partial charge >= 0.3 is 0 Å². The van der Waals surface area contributed by atoms with Crippen LogP contribution in [0.3, 0.4) is 0 Å². The lowest BCUT2D eigenvalue weighted by atomic mass is 10.1. The molecule has 2 heterocycles. The smallest absolute Gasteiger partial charge is 0.186 e. The van der Waals surface area contributed by atoms with Crippen molar-refractivity contribution in [2.45, 2.75) is 18.3 Å². The van der Waals surface area contributed by atoms with Crippen LogP contribution in [0, 0.1) is 0 Å². The van der Waals surface area contributed by atoms with Crippen LogP contribution in [-0.4, -0.2) is 47.0 Å². The Kier molecular flexibility index (Phi) is 5.87. The number of para-hydroxylation sites is 1. The minimum absolute atomic E-state index is 0.00434. The summed E-state index contributed by atoms with van der Waals surface area (Å²) in [5, 5.41) is 7.35. The number of halogens is 1. The molecule has 0 saturated carbocycles. The van der Waals surface area contributed by atoms with Crippen molar-refractivity contribution < 1.29 is 9.53 Å². The zero-order valence-electron chi connectivity index (χ0n) is 15.7. The maximum Gasteiger partial charge on any atom is 0.186 e. The second kappa shape index (κ2) is 8.37. The van der Waals surface area contributed by atoms with Gasteiger partial charge in [0, 0.05) is 30.9 Å². The summed E-state index contributed by atoms with van der Waals surface area (Å²) in [4.78, 5) is 14.2. The molecule has 0 amide bonds. The summed E-state index contributed by atoms with van der Waals surface area (Å²) in [7, 11) is 0. The summed E-state index contributed by atoms with van der Waals surface area (Å²) < 4.78 is 6.65. The van der Waals surface area contributed by atoms with Crippen LogP contribution in [-0.2, 0) is 16.0 Å². The monoisotopic (exact) mass is 459 g/mol. The van der Waals surface area contributed by atoms with Crippen molar-refractivity contribution in [3.8, 4) is 0 Å². The van der Waals surface area contributed by atoms with Gasteiger partial charge in [0.1, 0.15) is 0 Å². The van der Waals surface area contributed by atoms with Gasteiger partial charge in [-0.3, -0.25) is 9.69 Å². The summed E-state index contributed by atoms with van der Waals surface area (Å²) in [5.41, 5.74) is 2.17. The summed E-state index contributed by atoms with van der Waals surface area (Å²) in [6, 6.07) is 18.4. The molecule has 0 aromatic heterocycles. The van der Waals surface area contributed by atoms with Crippen LogP contribution in [0.15, 0.2) is 64.2 Å². The van der Waals surface area contributed by atoms with Gasteiger partial charge in [-0.15, -0.1) is 0 Å². The molecule has 4 rings (SSSR count). The van der Waals surface area contributed by atoms with Crippen LogP contribution in [0.5, 0.6) is 0 Å². The number of thioether (sulfide) groups is 1. The molecule has 28 heavy (non-hydrogen) atoms. The van der Waals surface area contributed by atoms with E-state index in [0.717, 1.165) is 29.7 Å².